The Morgan fingerprint density at radius 1 is 1.24 bits per heavy atom. The summed E-state index contributed by atoms with van der Waals surface area (Å²) in [4.78, 5) is 10.2. The minimum atomic E-state index is -4.80. The van der Waals surface area contributed by atoms with E-state index in [9.17, 15) is 13.2 Å². The van der Waals surface area contributed by atoms with Crippen LogP contribution in [-0.4, -0.2) is 49.5 Å². The van der Waals surface area contributed by atoms with Gasteiger partial charge in [-0.1, -0.05) is 12.1 Å². The summed E-state index contributed by atoms with van der Waals surface area (Å²) >= 11 is 0. The van der Waals surface area contributed by atoms with Crippen LogP contribution in [0.3, 0.4) is 0 Å². The summed E-state index contributed by atoms with van der Waals surface area (Å²) in [6.45, 7) is 1.44. The van der Waals surface area contributed by atoms with Gasteiger partial charge in [-0.15, -0.1) is 37.1 Å². The van der Waals surface area contributed by atoms with Crippen LogP contribution >= 0.6 is 24.0 Å². The van der Waals surface area contributed by atoms with Crippen molar-refractivity contribution in [2.75, 3.05) is 32.6 Å². The van der Waals surface area contributed by atoms with Crippen LogP contribution in [0.2, 0.25) is 0 Å². The van der Waals surface area contributed by atoms with Crippen LogP contribution in [0.1, 0.15) is 5.56 Å². The van der Waals surface area contributed by atoms with E-state index in [0.717, 1.165) is 12.1 Å². The van der Waals surface area contributed by atoms with Crippen molar-refractivity contribution in [1.82, 2.24) is 9.88 Å². The van der Waals surface area contributed by atoms with Gasteiger partial charge in [0.25, 0.3) is 0 Å². The standard InChI is InChI=1S/C18H22F3N5O2.HI/c1-26(2)9-10-27-16-11-13(7-8-23-16)12-24-17(22)25-14-5-3-4-6-15(14)28-18(19,20)21;/h3-8,11H,9-10,12H2,1-2H3,(H3,22,24,25);1H. The first-order valence-corrected chi connectivity index (χ1v) is 8.37. The van der Waals surface area contributed by atoms with Gasteiger partial charge in [0.2, 0.25) is 5.88 Å². The molecular weight excluding hydrogens is 502 g/mol. The van der Waals surface area contributed by atoms with Crippen LogP contribution in [0, 0.1) is 0 Å². The zero-order valence-corrected chi connectivity index (χ0v) is 18.3. The van der Waals surface area contributed by atoms with Crippen LogP contribution in [-0.2, 0) is 6.54 Å². The number of nitrogens with zero attached hydrogens (tertiary/aromatic N) is 3. The van der Waals surface area contributed by atoms with E-state index < -0.39 is 12.1 Å². The van der Waals surface area contributed by atoms with E-state index >= 15 is 0 Å². The Balaban J connectivity index is 0.00000420. The lowest BCUT2D eigenvalue weighted by Crippen LogP contribution is -2.24. The first-order valence-electron chi connectivity index (χ1n) is 8.37. The van der Waals surface area contributed by atoms with Crippen LogP contribution in [0.25, 0.3) is 0 Å². The molecule has 29 heavy (non-hydrogen) atoms. The zero-order valence-electron chi connectivity index (χ0n) is 15.9. The van der Waals surface area contributed by atoms with Crippen molar-refractivity contribution >= 4 is 35.6 Å². The summed E-state index contributed by atoms with van der Waals surface area (Å²) in [5.41, 5.74) is 6.64. The highest BCUT2D eigenvalue weighted by atomic mass is 127. The van der Waals surface area contributed by atoms with Gasteiger partial charge in [-0.05, 0) is 37.9 Å². The highest BCUT2D eigenvalue weighted by Gasteiger charge is 2.32. The van der Waals surface area contributed by atoms with Gasteiger partial charge in [0.05, 0.1) is 12.2 Å². The number of aliphatic imine (C=N–C) groups is 1. The molecule has 0 aliphatic rings. The number of guanidine groups is 1. The maximum Gasteiger partial charge on any atom is 0.573 e. The van der Waals surface area contributed by atoms with Crippen molar-refractivity contribution in [3.05, 3.63) is 48.2 Å². The molecule has 7 nitrogen and oxygen atoms in total. The molecule has 1 aromatic carbocycles. The molecule has 1 heterocycles. The average Bonchev–Trinajstić information content (AvgIpc) is 2.60. The maximum atomic E-state index is 12.5. The number of likely N-dealkylation sites (N-methyl/N-ethyl adjacent to an activating group) is 1. The lowest BCUT2D eigenvalue weighted by Gasteiger charge is -2.14. The molecule has 1 aromatic heterocycles. The summed E-state index contributed by atoms with van der Waals surface area (Å²) in [5.74, 6) is 0.0174. The van der Waals surface area contributed by atoms with E-state index in [1.165, 1.54) is 18.2 Å². The van der Waals surface area contributed by atoms with Gasteiger partial charge >= 0.3 is 6.36 Å². The highest BCUT2D eigenvalue weighted by molar-refractivity contribution is 14.0. The number of hydrogen-bond donors (Lipinski definition) is 2. The second-order valence-corrected chi connectivity index (χ2v) is 6.02. The lowest BCUT2D eigenvalue weighted by molar-refractivity contribution is -0.274. The van der Waals surface area contributed by atoms with E-state index in [2.05, 4.69) is 20.0 Å². The van der Waals surface area contributed by atoms with E-state index in [-0.39, 0.29) is 42.2 Å². The summed E-state index contributed by atoms with van der Waals surface area (Å²) in [6, 6.07) is 9.05. The Bertz CT molecular complexity index is 803. The number of hydrogen-bond acceptors (Lipinski definition) is 5. The predicted octanol–water partition coefficient (Wildman–Crippen LogP) is 3.47. The zero-order chi connectivity index (χ0) is 20.6. The average molecular weight is 525 g/mol. The number of rotatable bonds is 8. The number of para-hydroxylation sites is 2. The summed E-state index contributed by atoms with van der Waals surface area (Å²) in [7, 11) is 3.88. The summed E-state index contributed by atoms with van der Waals surface area (Å²) in [6.07, 6.45) is -3.21. The number of benzene rings is 1. The van der Waals surface area contributed by atoms with Gasteiger partial charge in [0, 0.05) is 18.8 Å². The number of nitrogens with one attached hydrogen (secondary N) is 1. The number of ether oxygens (including phenoxy) is 2. The Morgan fingerprint density at radius 3 is 2.66 bits per heavy atom. The van der Waals surface area contributed by atoms with Crippen molar-refractivity contribution in [1.29, 1.82) is 0 Å². The first kappa shape index (κ1) is 24.8. The molecule has 0 aliphatic carbocycles. The third-order valence-electron chi connectivity index (χ3n) is 3.40. The fourth-order valence-corrected chi connectivity index (χ4v) is 2.10. The molecule has 2 rings (SSSR count). The molecule has 0 bridgehead atoms. The van der Waals surface area contributed by atoms with Crippen LogP contribution < -0.4 is 20.5 Å². The summed E-state index contributed by atoms with van der Waals surface area (Å²) < 4.78 is 46.9. The third kappa shape index (κ3) is 9.65. The van der Waals surface area contributed by atoms with E-state index in [1.54, 1.807) is 24.4 Å². The molecule has 0 unspecified atom stereocenters. The molecule has 0 aliphatic heterocycles. The molecule has 0 saturated carbocycles. The van der Waals surface area contributed by atoms with Crippen molar-refractivity contribution in [2.45, 2.75) is 12.9 Å². The molecule has 0 fully saturated rings. The lowest BCUT2D eigenvalue weighted by atomic mass is 10.2. The van der Waals surface area contributed by atoms with Gasteiger partial charge in [-0.2, -0.15) is 0 Å². The number of pyridine rings is 1. The number of anilines is 1. The van der Waals surface area contributed by atoms with Crippen LogP contribution in [0.5, 0.6) is 11.6 Å². The molecule has 2 aromatic rings. The number of halogens is 4. The minimum Gasteiger partial charge on any atom is -0.476 e. The molecule has 0 spiro atoms. The fourth-order valence-electron chi connectivity index (χ4n) is 2.10. The Kier molecular flexibility index (Phi) is 9.95. The van der Waals surface area contributed by atoms with E-state index in [4.69, 9.17) is 10.5 Å². The topological polar surface area (TPSA) is 85.0 Å². The smallest absolute Gasteiger partial charge is 0.476 e. The van der Waals surface area contributed by atoms with Gasteiger partial charge < -0.3 is 25.4 Å². The Hall–Kier alpha value is -2.28. The van der Waals surface area contributed by atoms with Crippen molar-refractivity contribution < 1.29 is 22.6 Å². The van der Waals surface area contributed by atoms with Gasteiger partial charge in [0.15, 0.2) is 11.7 Å². The molecule has 0 atom stereocenters. The quantitative estimate of drug-likeness (QED) is 0.312. The maximum absolute atomic E-state index is 12.5. The molecule has 160 valence electrons. The largest absolute Gasteiger partial charge is 0.573 e. The van der Waals surface area contributed by atoms with Crippen LogP contribution in [0.4, 0.5) is 18.9 Å². The van der Waals surface area contributed by atoms with E-state index in [0.29, 0.717) is 12.5 Å². The van der Waals surface area contributed by atoms with Gasteiger partial charge in [-0.3, -0.25) is 0 Å². The molecule has 0 amide bonds. The van der Waals surface area contributed by atoms with Gasteiger partial charge in [-0.25, -0.2) is 9.98 Å². The van der Waals surface area contributed by atoms with Crippen molar-refractivity contribution in [3.63, 3.8) is 0 Å². The first-order chi connectivity index (χ1) is 13.2. The number of nitrogens with two attached hydrogens (primary N) is 1. The third-order valence-corrected chi connectivity index (χ3v) is 3.40. The Labute approximate surface area is 184 Å². The Morgan fingerprint density at radius 2 is 1.97 bits per heavy atom. The highest BCUT2D eigenvalue weighted by Crippen LogP contribution is 2.29. The fraction of sp³-hybridized carbons (Fsp3) is 0.333. The molecule has 11 heteroatoms. The second kappa shape index (κ2) is 11.7. The van der Waals surface area contributed by atoms with E-state index in [1.807, 2.05) is 19.0 Å². The van der Waals surface area contributed by atoms with Crippen molar-refractivity contribution in [3.8, 4) is 11.6 Å². The SMILES string of the molecule is CN(C)CCOc1cc(CN=C(N)Nc2ccccc2OC(F)(F)F)ccn1.I. The molecular formula is C18H23F3IN5O2. The number of alkyl halides is 3. The normalized spacial score (nSPS) is 11.7. The molecule has 0 radical (unpaired) electrons. The van der Waals surface area contributed by atoms with Crippen molar-refractivity contribution in [2.24, 2.45) is 10.7 Å². The van der Waals surface area contributed by atoms with Crippen LogP contribution in [0.15, 0.2) is 47.6 Å². The monoisotopic (exact) mass is 525 g/mol. The second-order valence-electron chi connectivity index (χ2n) is 6.02. The predicted molar refractivity (Wildman–Crippen MR) is 116 cm³/mol. The molecule has 3 N–H and O–H groups in total. The molecule has 0 saturated heterocycles. The summed E-state index contributed by atoms with van der Waals surface area (Å²) in [5, 5.41) is 2.62. The number of aromatic nitrogens is 1. The van der Waals surface area contributed by atoms with Gasteiger partial charge in [0.1, 0.15) is 6.61 Å². The minimum absolute atomic E-state index is 0.